The molecular formula is C12H17NO4. The van der Waals surface area contributed by atoms with Gasteiger partial charge in [0.15, 0.2) is 0 Å². The largest absolute Gasteiger partial charge is 0.481 e. The number of furan rings is 1. The van der Waals surface area contributed by atoms with Crippen molar-refractivity contribution in [1.82, 2.24) is 5.32 Å². The van der Waals surface area contributed by atoms with Crippen molar-refractivity contribution in [1.29, 1.82) is 0 Å². The molecule has 0 aliphatic heterocycles. The van der Waals surface area contributed by atoms with Gasteiger partial charge < -0.3 is 14.8 Å². The Balaban J connectivity index is 2.53. The zero-order valence-electron chi connectivity index (χ0n) is 10.2. The molecule has 1 aromatic heterocycles. The van der Waals surface area contributed by atoms with E-state index >= 15 is 0 Å². The van der Waals surface area contributed by atoms with E-state index in [0.29, 0.717) is 5.76 Å². The zero-order chi connectivity index (χ0) is 13.1. The van der Waals surface area contributed by atoms with Crippen LogP contribution >= 0.6 is 0 Å². The molecule has 0 saturated carbocycles. The lowest BCUT2D eigenvalue weighted by atomic mass is 9.89. The number of carbonyl (C=O) groups excluding carboxylic acids is 1. The van der Waals surface area contributed by atoms with Crippen molar-refractivity contribution in [2.45, 2.75) is 33.2 Å². The Morgan fingerprint density at radius 2 is 2.18 bits per heavy atom. The predicted octanol–water partition coefficient (Wildman–Crippen LogP) is 1.96. The van der Waals surface area contributed by atoms with Crippen molar-refractivity contribution >= 4 is 11.9 Å². The van der Waals surface area contributed by atoms with E-state index in [4.69, 9.17) is 9.52 Å². The van der Waals surface area contributed by atoms with Crippen LogP contribution in [0, 0.1) is 5.41 Å². The van der Waals surface area contributed by atoms with Crippen molar-refractivity contribution in [2.24, 2.45) is 5.41 Å². The summed E-state index contributed by atoms with van der Waals surface area (Å²) in [6.07, 6.45) is 1.46. The number of nitrogens with one attached hydrogen (secondary N) is 1. The second kappa shape index (κ2) is 5.03. The Kier molecular flexibility index (Phi) is 3.93. The normalized spacial score (nSPS) is 13.1. The summed E-state index contributed by atoms with van der Waals surface area (Å²) >= 11 is 0. The summed E-state index contributed by atoms with van der Waals surface area (Å²) < 4.78 is 5.14. The smallest absolute Gasteiger partial charge is 0.309 e. The number of amides is 1. The first-order valence-electron chi connectivity index (χ1n) is 5.39. The van der Waals surface area contributed by atoms with Crippen LogP contribution in [0.2, 0.25) is 0 Å². The topological polar surface area (TPSA) is 79.5 Å². The van der Waals surface area contributed by atoms with Crippen molar-refractivity contribution in [3.8, 4) is 0 Å². The average molecular weight is 239 g/mol. The van der Waals surface area contributed by atoms with Crippen LogP contribution in [0.15, 0.2) is 22.8 Å². The molecule has 0 spiro atoms. The van der Waals surface area contributed by atoms with E-state index in [9.17, 15) is 9.59 Å². The van der Waals surface area contributed by atoms with Crippen LogP contribution in [-0.4, -0.2) is 17.0 Å². The fourth-order valence-corrected chi connectivity index (χ4v) is 1.38. The second-order valence-corrected chi connectivity index (χ2v) is 4.67. The van der Waals surface area contributed by atoms with Crippen LogP contribution in [0.4, 0.5) is 0 Å². The number of carbonyl (C=O) groups is 2. The third kappa shape index (κ3) is 3.62. The summed E-state index contributed by atoms with van der Waals surface area (Å²) in [5.74, 6) is -0.647. The van der Waals surface area contributed by atoms with E-state index in [0.717, 1.165) is 0 Å². The maximum atomic E-state index is 11.7. The Labute approximate surface area is 99.8 Å². The first-order chi connectivity index (χ1) is 7.83. The first kappa shape index (κ1) is 13.3. The first-order valence-corrected chi connectivity index (χ1v) is 5.39. The maximum absolute atomic E-state index is 11.7. The molecular weight excluding hydrogens is 222 g/mol. The molecule has 0 radical (unpaired) electrons. The van der Waals surface area contributed by atoms with Gasteiger partial charge in [-0.05, 0) is 32.9 Å². The van der Waals surface area contributed by atoms with Crippen LogP contribution in [-0.2, 0) is 9.59 Å². The third-order valence-electron chi connectivity index (χ3n) is 2.53. The third-order valence-corrected chi connectivity index (χ3v) is 2.53. The zero-order valence-corrected chi connectivity index (χ0v) is 10.2. The van der Waals surface area contributed by atoms with E-state index < -0.39 is 11.4 Å². The number of carboxylic acids is 1. The van der Waals surface area contributed by atoms with E-state index in [1.165, 1.54) is 20.1 Å². The highest BCUT2D eigenvalue weighted by molar-refractivity contribution is 5.84. The molecule has 0 fully saturated rings. The number of aliphatic carboxylic acids is 1. The lowest BCUT2D eigenvalue weighted by molar-refractivity contribution is -0.149. The molecule has 94 valence electrons. The number of rotatable bonds is 5. The average Bonchev–Trinajstić information content (AvgIpc) is 2.68. The molecule has 1 amide bonds. The summed E-state index contributed by atoms with van der Waals surface area (Å²) in [6, 6.07) is 3.23. The van der Waals surface area contributed by atoms with Crippen LogP contribution in [0.25, 0.3) is 0 Å². The van der Waals surface area contributed by atoms with Crippen LogP contribution in [0.5, 0.6) is 0 Å². The van der Waals surface area contributed by atoms with Crippen LogP contribution in [0.1, 0.15) is 39.0 Å². The Hall–Kier alpha value is -1.78. The van der Waals surface area contributed by atoms with Gasteiger partial charge in [0.25, 0.3) is 0 Å². The van der Waals surface area contributed by atoms with Gasteiger partial charge in [-0.25, -0.2) is 0 Å². The number of carboxylic acid groups (broad SMARTS) is 1. The number of hydrogen-bond donors (Lipinski definition) is 2. The molecule has 17 heavy (non-hydrogen) atoms. The molecule has 1 heterocycles. The minimum Gasteiger partial charge on any atom is -0.481 e. The van der Waals surface area contributed by atoms with Gasteiger partial charge in [0, 0.05) is 6.42 Å². The number of hydrogen-bond acceptors (Lipinski definition) is 3. The molecule has 5 nitrogen and oxygen atoms in total. The standard InChI is InChI=1S/C12H17NO4/c1-8(9-5-4-6-17-9)13-10(14)7-12(2,3)11(15)16/h4-6,8H,7H2,1-3H3,(H,13,14)(H,15,16)/t8-/m1/s1. The lowest BCUT2D eigenvalue weighted by Crippen LogP contribution is -2.34. The summed E-state index contributed by atoms with van der Waals surface area (Å²) in [7, 11) is 0. The molecule has 0 unspecified atom stereocenters. The van der Waals surface area contributed by atoms with Gasteiger partial charge in [0.2, 0.25) is 5.91 Å². The Bertz CT molecular complexity index is 395. The van der Waals surface area contributed by atoms with E-state index in [1.54, 1.807) is 19.1 Å². The fourth-order valence-electron chi connectivity index (χ4n) is 1.38. The minimum atomic E-state index is -1.06. The Morgan fingerprint density at radius 1 is 1.53 bits per heavy atom. The molecule has 0 saturated heterocycles. The molecule has 1 atom stereocenters. The predicted molar refractivity (Wildman–Crippen MR) is 61.3 cm³/mol. The Morgan fingerprint density at radius 3 is 2.65 bits per heavy atom. The van der Waals surface area contributed by atoms with Gasteiger partial charge in [-0.3, -0.25) is 9.59 Å². The molecule has 1 rings (SSSR count). The van der Waals surface area contributed by atoms with Gasteiger partial charge in [-0.15, -0.1) is 0 Å². The van der Waals surface area contributed by atoms with Gasteiger partial charge in [-0.2, -0.15) is 0 Å². The van der Waals surface area contributed by atoms with Gasteiger partial charge in [-0.1, -0.05) is 0 Å². The van der Waals surface area contributed by atoms with Crippen molar-refractivity contribution in [3.63, 3.8) is 0 Å². The highest BCUT2D eigenvalue weighted by Crippen LogP contribution is 2.21. The SMILES string of the molecule is C[C@@H](NC(=O)CC(C)(C)C(=O)O)c1ccco1. The van der Waals surface area contributed by atoms with Gasteiger partial charge in [0.05, 0.1) is 17.7 Å². The molecule has 2 N–H and O–H groups in total. The monoisotopic (exact) mass is 239 g/mol. The van der Waals surface area contributed by atoms with Gasteiger partial charge >= 0.3 is 5.97 Å². The molecule has 0 aromatic carbocycles. The van der Waals surface area contributed by atoms with Crippen molar-refractivity contribution in [3.05, 3.63) is 24.2 Å². The summed E-state index contributed by atoms with van der Waals surface area (Å²) in [5, 5.41) is 11.6. The second-order valence-electron chi connectivity index (χ2n) is 4.67. The highest BCUT2D eigenvalue weighted by Gasteiger charge is 2.30. The van der Waals surface area contributed by atoms with Crippen molar-refractivity contribution in [2.75, 3.05) is 0 Å². The fraction of sp³-hybridized carbons (Fsp3) is 0.500. The van der Waals surface area contributed by atoms with Crippen LogP contribution < -0.4 is 5.32 Å². The molecule has 0 aliphatic rings. The lowest BCUT2D eigenvalue weighted by Gasteiger charge is -2.19. The van der Waals surface area contributed by atoms with E-state index in [2.05, 4.69) is 5.32 Å². The van der Waals surface area contributed by atoms with E-state index in [-0.39, 0.29) is 18.4 Å². The molecule has 0 bridgehead atoms. The molecule has 1 aromatic rings. The summed E-state index contributed by atoms with van der Waals surface area (Å²) in [6.45, 7) is 4.82. The van der Waals surface area contributed by atoms with Crippen molar-refractivity contribution < 1.29 is 19.1 Å². The summed E-state index contributed by atoms with van der Waals surface area (Å²) in [5.41, 5.74) is -1.06. The van der Waals surface area contributed by atoms with Crippen LogP contribution in [0.3, 0.4) is 0 Å². The van der Waals surface area contributed by atoms with Gasteiger partial charge in [0.1, 0.15) is 5.76 Å². The quantitative estimate of drug-likeness (QED) is 0.823. The highest BCUT2D eigenvalue weighted by atomic mass is 16.4. The van der Waals surface area contributed by atoms with E-state index in [1.807, 2.05) is 0 Å². The maximum Gasteiger partial charge on any atom is 0.309 e. The summed E-state index contributed by atoms with van der Waals surface area (Å²) in [4.78, 5) is 22.5. The molecule has 5 heteroatoms. The molecule has 0 aliphatic carbocycles. The minimum absolute atomic E-state index is 0.0621.